The predicted molar refractivity (Wildman–Crippen MR) is 134 cm³/mol. The van der Waals surface area contributed by atoms with E-state index in [0.29, 0.717) is 32.5 Å². The van der Waals surface area contributed by atoms with Crippen molar-refractivity contribution in [2.45, 2.75) is 30.8 Å². The van der Waals surface area contributed by atoms with Crippen molar-refractivity contribution >= 4 is 50.6 Å². The molecule has 0 saturated heterocycles. The first-order valence-electron chi connectivity index (χ1n) is 10.7. The Bertz CT molecular complexity index is 1480. The largest absolute Gasteiger partial charge is 0.319 e. The van der Waals surface area contributed by atoms with Gasteiger partial charge in [0.15, 0.2) is 5.16 Å². The fraction of sp³-hybridized carbons (Fsp3) is 0.208. The second kappa shape index (κ2) is 9.03. The van der Waals surface area contributed by atoms with E-state index in [2.05, 4.69) is 5.32 Å². The number of carbonyl (C=O) groups excluding carboxylic acids is 1. The zero-order chi connectivity index (χ0) is 23.8. The molecule has 2 heterocycles. The topological polar surface area (TPSA) is 107 Å². The summed E-state index contributed by atoms with van der Waals surface area (Å²) in [4.78, 5) is 42.6. The van der Waals surface area contributed by atoms with Crippen LogP contribution in [0.3, 0.4) is 0 Å². The summed E-state index contributed by atoms with van der Waals surface area (Å²) in [7, 11) is 0. The molecule has 172 valence electrons. The number of anilines is 1. The Kier molecular flexibility index (Phi) is 5.93. The van der Waals surface area contributed by atoms with E-state index < -0.39 is 10.8 Å². The van der Waals surface area contributed by atoms with E-state index in [4.69, 9.17) is 4.98 Å². The minimum Gasteiger partial charge on any atom is -0.319 e. The summed E-state index contributed by atoms with van der Waals surface area (Å²) in [6.45, 7) is 1.70. The molecule has 5 rings (SSSR count). The van der Waals surface area contributed by atoms with Gasteiger partial charge in [-0.3, -0.25) is 24.3 Å². The maximum absolute atomic E-state index is 13.6. The second-order valence-electron chi connectivity index (χ2n) is 8.08. The van der Waals surface area contributed by atoms with E-state index in [1.54, 1.807) is 23.6 Å². The second-order valence-corrected chi connectivity index (χ2v) is 9.88. The number of thioether (sulfide) groups is 1. The van der Waals surface area contributed by atoms with E-state index in [-0.39, 0.29) is 22.7 Å². The van der Waals surface area contributed by atoms with E-state index >= 15 is 0 Å². The molecule has 1 N–H and O–H groups in total. The van der Waals surface area contributed by atoms with Crippen LogP contribution in [0, 0.1) is 17.0 Å². The van der Waals surface area contributed by atoms with Gasteiger partial charge in [-0.15, -0.1) is 11.3 Å². The highest BCUT2D eigenvalue weighted by Gasteiger charge is 2.29. The van der Waals surface area contributed by atoms with Crippen molar-refractivity contribution < 1.29 is 9.72 Å². The molecule has 2 aromatic heterocycles. The van der Waals surface area contributed by atoms with Gasteiger partial charge in [0.2, 0.25) is 5.91 Å². The molecule has 1 aliphatic rings. The van der Waals surface area contributed by atoms with Crippen LogP contribution < -0.4 is 10.9 Å². The third-order valence-corrected chi connectivity index (χ3v) is 7.51. The molecule has 34 heavy (non-hydrogen) atoms. The molecule has 0 radical (unpaired) electrons. The Morgan fingerprint density at radius 2 is 2.00 bits per heavy atom. The van der Waals surface area contributed by atoms with E-state index in [9.17, 15) is 19.7 Å². The average molecular weight is 493 g/mol. The highest BCUT2D eigenvalue weighted by molar-refractivity contribution is 7.99. The van der Waals surface area contributed by atoms with Gasteiger partial charge in [0.1, 0.15) is 10.5 Å². The van der Waals surface area contributed by atoms with Gasteiger partial charge in [0.25, 0.3) is 11.2 Å². The number of nitro benzene ring substituents is 1. The number of nitrogens with zero attached hydrogens (tertiary/aromatic N) is 3. The van der Waals surface area contributed by atoms with Gasteiger partial charge < -0.3 is 5.32 Å². The summed E-state index contributed by atoms with van der Waals surface area (Å²) in [5, 5.41) is 17.1. The smallest absolute Gasteiger partial charge is 0.293 e. The Morgan fingerprint density at radius 1 is 1.24 bits per heavy atom. The summed E-state index contributed by atoms with van der Waals surface area (Å²) in [5.74, 6) is -0.0558. The number of carbonyl (C=O) groups is 1. The fourth-order valence-electron chi connectivity index (χ4n) is 3.86. The molecule has 0 unspecified atom stereocenters. The number of nitrogens with one attached hydrogen (secondary N) is 1. The van der Waals surface area contributed by atoms with Gasteiger partial charge in [-0.2, -0.15) is 0 Å². The highest BCUT2D eigenvalue weighted by Crippen LogP contribution is 2.44. The Morgan fingerprint density at radius 3 is 2.71 bits per heavy atom. The zero-order valence-corrected chi connectivity index (χ0v) is 19.8. The molecule has 0 aliphatic heterocycles. The van der Waals surface area contributed by atoms with Gasteiger partial charge in [-0.05, 0) is 54.3 Å². The molecule has 0 atom stereocenters. The van der Waals surface area contributed by atoms with E-state index in [0.717, 1.165) is 30.2 Å². The number of amides is 1. The Labute approximate surface area is 202 Å². The molecule has 4 aromatic rings. The number of thiophene rings is 1. The SMILES string of the molecule is Cc1cccc([N+](=O)[O-])c1NC(=O)CSc1nc2scc(C3CC3)c2c(=O)n1-c1ccccc1. The van der Waals surface area contributed by atoms with Crippen molar-refractivity contribution in [2.24, 2.45) is 0 Å². The van der Waals surface area contributed by atoms with Crippen LogP contribution in [-0.4, -0.2) is 26.1 Å². The third-order valence-electron chi connectivity index (χ3n) is 5.68. The van der Waals surface area contributed by atoms with Crippen molar-refractivity contribution in [1.82, 2.24) is 9.55 Å². The number of hydrogen-bond acceptors (Lipinski definition) is 7. The van der Waals surface area contributed by atoms with Crippen LogP contribution in [0.2, 0.25) is 0 Å². The average Bonchev–Trinajstić information content (AvgIpc) is 3.58. The van der Waals surface area contributed by atoms with Crippen LogP contribution in [0.1, 0.15) is 29.9 Å². The summed E-state index contributed by atoms with van der Waals surface area (Å²) >= 11 is 2.57. The summed E-state index contributed by atoms with van der Waals surface area (Å²) in [6, 6.07) is 13.9. The molecule has 1 aliphatic carbocycles. The highest BCUT2D eigenvalue weighted by atomic mass is 32.2. The van der Waals surface area contributed by atoms with E-state index in [1.807, 2.05) is 35.7 Å². The summed E-state index contributed by atoms with van der Waals surface area (Å²) in [6.07, 6.45) is 2.16. The number of fused-ring (bicyclic) bond motifs is 1. The molecule has 1 fully saturated rings. The molecule has 0 bridgehead atoms. The quantitative estimate of drug-likeness (QED) is 0.163. The Balaban J connectivity index is 1.48. The molecule has 0 spiro atoms. The van der Waals surface area contributed by atoms with Crippen LogP contribution in [0.25, 0.3) is 15.9 Å². The van der Waals surface area contributed by atoms with Crippen molar-refractivity contribution in [3.05, 3.63) is 85.5 Å². The van der Waals surface area contributed by atoms with Gasteiger partial charge in [0.05, 0.1) is 21.7 Å². The molecular weight excluding hydrogens is 472 g/mol. The van der Waals surface area contributed by atoms with Crippen LogP contribution in [-0.2, 0) is 4.79 Å². The van der Waals surface area contributed by atoms with Crippen molar-refractivity contribution in [1.29, 1.82) is 0 Å². The normalized spacial score (nSPS) is 13.2. The zero-order valence-electron chi connectivity index (χ0n) is 18.2. The lowest BCUT2D eigenvalue weighted by molar-refractivity contribution is -0.384. The summed E-state index contributed by atoms with van der Waals surface area (Å²) < 4.78 is 1.55. The first kappa shape index (κ1) is 22.3. The van der Waals surface area contributed by atoms with Crippen LogP contribution in [0.5, 0.6) is 0 Å². The lowest BCUT2D eigenvalue weighted by Crippen LogP contribution is -2.23. The van der Waals surface area contributed by atoms with Gasteiger partial charge in [-0.1, -0.05) is 42.1 Å². The Hall–Kier alpha value is -3.50. The van der Waals surface area contributed by atoms with Crippen molar-refractivity contribution in [2.75, 3.05) is 11.1 Å². The van der Waals surface area contributed by atoms with Crippen LogP contribution >= 0.6 is 23.1 Å². The molecule has 10 heteroatoms. The molecule has 8 nitrogen and oxygen atoms in total. The number of nitro groups is 1. The number of benzene rings is 2. The molecule has 1 saturated carbocycles. The third kappa shape index (κ3) is 4.22. The first-order valence-corrected chi connectivity index (χ1v) is 12.6. The first-order chi connectivity index (χ1) is 16.4. The number of aryl methyl sites for hydroxylation is 1. The maximum Gasteiger partial charge on any atom is 0.293 e. The van der Waals surface area contributed by atoms with Crippen molar-refractivity contribution in [3.8, 4) is 5.69 Å². The molecule has 2 aromatic carbocycles. The minimum absolute atomic E-state index is 0.0584. The lowest BCUT2D eigenvalue weighted by Gasteiger charge is -2.13. The molecular formula is C24H20N4O4S2. The van der Waals surface area contributed by atoms with Gasteiger partial charge in [0, 0.05) is 6.07 Å². The predicted octanol–water partition coefficient (Wildman–Crippen LogP) is 5.27. The summed E-state index contributed by atoms with van der Waals surface area (Å²) in [5.41, 5.74) is 2.20. The molecule has 1 amide bonds. The maximum atomic E-state index is 13.6. The minimum atomic E-state index is -0.521. The number of hydrogen-bond donors (Lipinski definition) is 1. The van der Waals surface area contributed by atoms with Crippen LogP contribution in [0.4, 0.5) is 11.4 Å². The number of rotatable bonds is 7. The van der Waals surface area contributed by atoms with Gasteiger partial charge >= 0.3 is 0 Å². The standard InChI is InChI=1S/C24H20N4O4S2/c1-14-6-5-9-18(28(31)32)21(14)25-19(29)13-34-24-26-22-20(17(12-33-22)15-10-11-15)23(30)27(24)16-7-3-2-4-8-16/h2-9,12,15H,10-11,13H2,1H3,(H,25,29). The fourth-order valence-corrected chi connectivity index (χ4v) is 5.74. The van der Waals surface area contributed by atoms with Gasteiger partial charge in [-0.25, -0.2) is 4.98 Å². The van der Waals surface area contributed by atoms with Crippen molar-refractivity contribution in [3.63, 3.8) is 0 Å². The number of aromatic nitrogens is 2. The monoisotopic (exact) mass is 492 g/mol. The van der Waals surface area contributed by atoms with Crippen LogP contribution in [0.15, 0.2) is 63.9 Å². The lowest BCUT2D eigenvalue weighted by atomic mass is 10.1. The van der Waals surface area contributed by atoms with E-state index in [1.165, 1.54) is 17.4 Å². The number of para-hydroxylation sites is 2.